The Morgan fingerprint density at radius 1 is 1.23 bits per heavy atom. The molecule has 1 fully saturated rings. The van der Waals surface area contributed by atoms with Crippen LogP contribution in [0.4, 0.5) is 0 Å². The van der Waals surface area contributed by atoms with Gasteiger partial charge < -0.3 is 31.5 Å². The van der Waals surface area contributed by atoms with Gasteiger partial charge in [-0.05, 0) is 6.07 Å². The summed E-state index contributed by atoms with van der Waals surface area (Å²) in [7, 11) is 0. The summed E-state index contributed by atoms with van der Waals surface area (Å²) in [6.45, 7) is 2.26. The second-order valence-electron chi connectivity index (χ2n) is 5.86. The molecular formula is C16H23ClN4O5. The van der Waals surface area contributed by atoms with Crippen molar-refractivity contribution in [3.05, 3.63) is 23.8 Å². The van der Waals surface area contributed by atoms with Crippen LogP contribution < -0.4 is 16.4 Å². The summed E-state index contributed by atoms with van der Waals surface area (Å²) in [6.07, 6.45) is -0.494. The molecule has 1 atom stereocenters. The van der Waals surface area contributed by atoms with E-state index in [9.17, 15) is 24.6 Å². The van der Waals surface area contributed by atoms with E-state index in [2.05, 4.69) is 10.6 Å². The van der Waals surface area contributed by atoms with Gasteiger partial charge >= 0.3 is 0 Å². The van der Waals surface area contributed by atoms with Crippen molar-refractivity contribution in [2.75, 3.05) is 26.2 Å². The van der Waals surface area contributed by atoms with Crippen molar-refractivity contribution in [1.29, 1.82) is 0 Å². The first-order valence-electron chi connectivity index (χ1n) is 7.95. The molecule has 1 aromatic rings. The minimum absolute atomic E-state index is 0. The second-order valence-corrected chi connectivity index (χ2v) is 5.86. The third kappa shape index (κ3) is 6.08. The Morgan fingerprint density at radius 3 is 2.46 bits per heavy atom. The van der Waals surface area contributed by atoms with E-state index in [1.807, 2.05) is 0 Å². The molecule has 1 aliphatic rings. The van der Waals surface area contributed by atoms with Crippen molar-refractivity contribution in [3.63, 3.8) is 0 Å². The van der Waals surface area contributed by atoms with E-state index in [0.717, 1.165) is 6.07 Å². The van der Waals surface area contributed by atoms with Crippen LogP contribution in [0, 0.1) is 0 Å². The largest absolute Gasteiger partial charge is 0.508 e. The molecule has 9 nitrogen and oxygen atoms in total. The van der Waals surface area contributed by atoms with Crippen LogP contribution in [0.2, 0.25) is 0 Å². The van der Waals surface area contributed by atoms with Gasteiger partial charge in [0.05, 0.1) is 12.8 Å². The van der Waals surface area contributed by atoms with Gasteiger partial charge in [-0.1, -0.05) is 6.07 Å². The van der Waals surface area contributed by atoms with E-state index < -0.39 is 17.9 Å². The maximum absolute atomic E-state index is 12.5. The van der Waals surface area contributed by atoms with Gasteiger partial charge in [0.25, 0.3) is 0 Å². The predicted molar refractivity (Wildman–Crippen MR) is 95.9 cm³/mol. The van der Waals surface area contributed by atoms with Crippen molar-refractivity contribution < 1.29 is 24.6 Å². The highest BCUT2D eigenvalue weighted by atomic mass is 35.5. The maximum atomic E-state index is 12.5. The minimum Gasteiger partial charge on any atom is -0.508 e. The normalized spacial score (nSPS) is 14.8. The number of primary amides is 1. The molecule has 0 radical (unpaired) electrons. The molecule has 3 amide bonds. The number of nitrogens with zero attached hydrogens (tertiary/aromatic N) is 1. The van der Waals surface area contributed by atoms with Gasteiger partial charge in [0.2, 0.25) is 17.7 Å². The summed E-state index contributed by atoms with van der Waals surface area (Å²) < 4.78 is 0. The highest BCUT2D eigenvalue weighted by Crippen LogP contribution is 2.22. The molecule has 0 aliphatic carbocycles. The topological polar surface area (TPSA) is 145 Å². The van der Waals surface area contributed by atoms with Crippen LogP contribution in [0.3, 0.4) is 0 Å². The van der Waals surface area contributed by atoms with Gasteiger partial charge in [-0.25, -0.2) is 0 Å². The highest BCUT2D eigenvalue weighted by molar-refractivity contribution is 5.92. The fourth-order valence-corrected chi connectivity index (χ4v) is 2.63. The Morgan fingerprint density at radius 2 is 1.88 bits per heavy atom. The lowest BCUT2D eigenvalue weighted by Crippen LogP contribution is -2.55. The SMILES string of the molecule is Cl.NC(=O)C[C@H](NC(=O)Cc1ccc(O)cc1O)C(=O)N1CCNCC1. The van der Waals surface area contributed by atoms with Crippen molar-refractivity contribution in [1.82, 2.24) is 15.5 Å². The number of halogens is 1. The lowest BCUT2D eigenvalue weighted by molar-refractivity contribution is -0.138. The van der Waals surface area contributed by atoms with Gasteiger partial charge in [0.15, 0.2) is 0 Å². The Labute approximate surface area is 157 Å². The molecule has 1 saturated heterocycles. The summed E-state index contributed by atoms with van der Waals surface area (Å²) in [4.78, 5) is 37.6. The van der Waals surface area contributed by atoms with Crippen LogP contribution in [0.5, 0.6) is 11.5 Å². The molecule has 1 aliphatic heterocycles. The molecule has 144 valence electrons. The van der Waals surface area contributed by atoms with E-state index in [1.54, 1.807) is 4.90 Å². The smallest absolute Gasteiger partial charge is 0.245 e. The minimum atomic E-state index is -1.04. The number of rotatable bonds is 6. The number of amides is 3. The van der Waals surface area contributed by atoms with Gasteiger partial charge in [0, 0.05) is 37.8 Å². The Bertz CT molecular complexity index is 664. The molecule has 1 aromatic carbocycles. The molecule has 0 unspecified atom stereocenters. The third-order valence-corrected chi connectivity index (χ3v) is 3.89. The number of hydrogen-bond acceptors (Lipinski definition) is 6. The highest BCUT2D eigenvalue weighted by Gasteiger charge is 2.28. The standard InChI is InChI=1S/C16H22N4O5.ClH/c17-14(23)9-12(16(25)20-5-3-18-4-6-20)19-15(24)7-10-1-2-11(21)8-13(10)22;/h1-2,8,12,18,21-22H,3-7,9H2,(H2,17,23)(H,19,24);1H/t12-;/m0./s1. The van der Waals surface area contributed by atoms with Gasteiger partial charge in [0.1, 0.15) is 17.5 Å². The van der Waals surface area contributed by atoms with Crippen molar-refractivity contribution in [2.24, 2.45) is 5.73 Å². The van der Waals surface area contributed by atoms with Crippen LogP contribution in [-0.2, 0) is 20.8 Å². The molecule has 1 heterocycles. The third-order valence-electron chi connectivity index (χ3n) is 3.89. The number of piperazine rings is 1. The van der Waals surface area contributed by atoms with Crippen LogP contribution in [0.15, 0.2) is 18.2 Å². The van der Waals surface area contributed by atoms with E-state index in [1.165, 1.54) is 12.1 Å². The van der Waals surface area contributed by atoms with Gasteiger partial charge in [-0.2, -0.15) is 0 Å². The zero-order chi connectivity index (χ0) is 18.4. The zero-order valence-corrected chi connectivity index (χ0v) is 14.9. The zero-order valence-electron chi connectivity index (χ0n) is 14.1. The van der Waals surface area contributed by atoms with E-state index in [-0.39, 0.29) is 42.7 Å². The average molecular weight is 387 g/mol. The van der Waals surface area contributed by atoms with E-state index in [0.29, 0.717) is 31.7 Å². The number of aromatic hydroxyl groups is 2. The second kappa shape index (κ2) is 9.83. The first kappa shape index (κ1) is 21.5. The first-order valence-corrected chi connectivity index (χ1v) is 7.95. The molecule has 2 rings (SSSR count). The molecule has 26 heavy (non-hydrogen) atoms. The molecular weight excluding hydrogens is 364 g/mol. The molecule has 0 aromatic heterocycles. The van der Waals surface area contributed by atoms with Gasteiger partial charge in [-0.3, -0.25) is 14.4 Å². The fourth-order valence-electron chi connectivity index (χ4n) is 2.63. The molecule has 0 spiro atoms. The van der Waals surface area contributed by atoms with E-state index in [4.69, 9.17) is 5.73 Å². The number of carbonyl (C=O) groups excluding carboxylic acids is 3. The number of benzene rings is 1. The average Bonchev–Trinajstić information content (AvgIpc) is 2.56. The fraction of sp³-hybridized carbons (Fsp3) is 0.438. The van der Waals surface area contributed by atoms with Gasteiger partial charge in [-0.15, -0.1) is 12.4 Å². The summed E-state index contributed by atoms with van der Waals surface area (Å²) in [6, 6.07) is 2.83. The lowest BCUT2D eigenvalue weighted by atomic mass is 10.1. The quantitative estimate of drug-likeness (QED) is 0.417. The number of nitrogens with two attached hydrogens (primary N) is 1. The van der Waals surface area contributed by atoms with E-state index >= 15 is 0 Å². The molecule has 10 heteroatoms. The van der Waals surface area contributed by atoms with Crippen molar-refractivity contribution >= 4 is 30.1 Å². The number of hydrogen-bond donors (Lipinski definition) is 5. The molecule has 0 bridgehead atoms. The van der Waals surface area contributed by atoms with Crippen LogP contribution >= 0.6 is 12.4 Å². The van der Waals surface area contributed by atoms with Crippen LogP contribution in [-0.4, -0.2) is 65.1 Å². The summed E-state index contributed by atoms with van der Waals surface area (Å²) >= 11 is 0. The van der Waals surface area contributed by atoms with Crippen molar-refractivity contribution in [2.45, 2.75) is 18.9 Å². The van der Waals surface area contributed by atoms with Crippen molar-refractivity contribution in [3.8, 4) is 11.5 Å². The lowest BCUT2D eigenvalue weighted by Gasteiger charge is -2.30. The number of phenolic OH excluding ortho intramolecular Hbond substituents is 2. The number of nitrogens with one attached hydrogen (secondary N) is 2. The van der Waals surface area contributed by atoms with Crippen LogP contribution in [0.1, 0.15) is 12.0 Å². The predicted octanol–water partition coefficient (Wildman–Crippen LogP) is -1.15. The molecule has 0 saturated carbocycles. The maximum Gasteiger partial charge on any atom is 0.245 e. The summed E-state index contributed by atoms with van der Waals surface area (Å²) in [5.41, 5.74) is 5.48. The number of carbonyl (C=O) groups is 3. The Balaban J connectivity index is 0.00000338. The molecule has 6 N–H and O–H groups in total. The van der Waals surface area contributed by atoms with Crippen LogP contribution in [0.25, 0.3) is 0 Å². The first-order chi connectivity index (χ1) is 11.9. The summed E-state index contributed by atoms with van der Waals surface area (Å²) in [5.74, 6) is -1.93. The Hall–Kier alpha value is -2.52. The summed E-state index contributed by atoms with van der Waals surface area (Å²) in [5, 5.41) is 24.6. The monoisotopic (exact) mass is 386 g/mol. The number of phenols is 2. The Kier molecular flexibility index (Phi) is 8.14.